The molecule has 156 valence electrons. The third kappa shape index (κ3) is 3.91. The predicted molar refractivity (Wildman–Crippen MR) is 108 cm³/mol. The number of carboxylic acid groups (broad SMARTS) is 1. The molecule has 1 amide bonds. The molecule has 7 heteroatoms. The summed E-state index contributed by atoms with van der Waals surface area (Å²) in [6.07, 6.45) is 2.07. The van der Waals surface area contributed by atoms with E-state index >= 15 is 0 Å². The van der Waals surface area contributed by atoms with Crippen LogP contribution in [-0.2, 0) is 22.5 Å². The minimum atomic E-state index is -1.39. The highest BCUT2D eigenvalue weighted by molar-refractivity contribution is 5.90. The highest BCUT2D eigenvalue weighted by Crippen LogP contribution is 2.43. The minimum Gasteiger partial charge on any atom is -0.450 e. The summed E-state index contributed by atoms with van der Waals surface area (Å²) in [6, 6.07) is 0. The van der Waals surface area contributed by atoms with Crippen molar-refractivity contribution in [2.45, 2.75) is 66.1 Å². The Hall–Kier alpha value is -2.70. The molecule has 0 bridgehead atoms. The fourth-order valence-corrected chi connectivity index (χ4v) is 4.31. The molecule has 1 unspecified atom stereocenters. The van der Waals surface area contributed by atoms with Gasteiger partial charge in [-0.25, -0.2) is 9.18 Å². The number of pyridine rings is 1. The maximum absolute atomic E-state index is 14.0. The monoisotopic (exact) mass is 402 g/mol. The molecule has 2 heterocycles. The van der Waals surface area contributed by atoms with Gasteiger partial charge in [-0.2, -0.15) is 0 Å². The number of carbonyl (C=O) groups is 2. The highest BCUT2D eigenvalue weighted by atomic mass is 19.1. The third-order valence-electron chi connectivity index (χ3n) is 5.79. The van der Waals surface area contributed by atoms with Crippen LogP contribution in [-0.4, -0.2) is 39.8 Å². The van der Waals surface area contributed by atoms with E-state index in [0.29, 0.717) is 6.54 Å². The van der Waals surface area contributed by atoms with Gasteiger partial charge in [0, 0.05) is 16.8 Å². The number of rotatable bonds is 4. The smallest absolute Gasteiger partial charge is 0.450 e. The van der Waals surface area contributed by atoms with Crippen molar-refractivity contribution in [1.29, 1.82) is 0 Å². The van der Waals surface area contributed by atoms with Crippen molar-refractivity contribution in [3.05, 3.63) is 39.7 Å². The number of carbonyl (C=O) groups excluding carboxylic acids is 1. The average molecular weight is 402 g/mol. The van der Waals surface area contributed by atoms with Gasteiger partial charge in [-0.15, -0.1) is 0 Å². The second kappa shape index (κ2) is 8.35. The Kier molecular flexibility index (Phi) is 6.05. The number of amides is 1. The van der Waals surface area contributed by atoms with Crippen molar-refractivity contribution < 1.29 is 23.8 Å². The van der Waals surface area contributed by atoms with Gasteiger partial charge in [0.05, 0.1) is 24.4 Å². The van der Waals surface area contributed by atoms with Crippen LogP contribution in [0.1, 0.15) is 68.1 Å². The Balaban J connectivity index is 2.01. The predicted octanol–water partition coefficient (Wildman–Crippen LogP) is 4.65. The zero-order valence-electron chi connectivity index (χ0n) is 17.3. The summed E-state index contributed by atoms with van der Waals surface area (Å²) in [5.74, 6) is -0.205. The number of allylic oxidation sites excluding steroid dienone is 3. The molecule has 2 aliphatic rings. The number of hydrogen-bond donors (Lipinski definition) is 1. The van der Waals surface area contributed by atoms with Crippen LogP contribution in [0.3, 0.4) is 0 Å². The fraction of sp³-hybridized carbons (Fsp3) is 0.500. The van der Waals surface area contributed by atoms with Gasteiger partial charge in [0.1, 0.15) is 12.8 Å². The molecular weight excluding hydrogens is 375 g/mol. The van der Waals surface area contributed by atoms with E-state index in [1.807, 2.05) is 26.8 Å². The van der Waals surface area contributed by atoms with Crippen molar-refractivity contribution in [3.63, 3.8) is 0 Å². The van der Waals surface area contributed by atoms with E-state index < -0.39 is 12.3 Å². The summed E-state index contributed by atoms with van der Waals surface area (Å²) in [5.41, 5.74) is 7.39. The Bertz CT molecular complexity index is 918. The van der Waals surface area contributed by atoms with Crippen LogP contribution in [0.2, 0.25) is 0 Å². The van der Waals surface area contributed by atoms with Gasteiger partial charge in [-0.1, -0.05) is 6.08 Å². The first-order valence-corrected chi connectivity index (χ1v) is 9.95. The van der Waals surface area contributed by atoms with Crippen molar-refractivity contribution in [1.82, 2.24) is 9.88 Å². The largest absolute Gasteiger partial charge is 0.505 e. The Morgan fingerprint density at radius 3 is 2.69 bits per heavy atom. The molecule has 0 saturated carbocycles. The first-order valence-electron chi connectivity index (χ1n) is 9.95. The van der Waals surface area contributed by atoms with Crippen LogP contribution in [0.4, 0.5) is 9.18 Å². The lowest BCUT2D eigenvalue weighted by molar-refractivity contribution is -0.128. The molecule has 1 aromatic heterocycles. The lowest BCUT2D eigenvalue weighted by atomic mass is 9.81. The van der Waals surface area contributed by atoms with Crippen molar-refractivity contribution in [2.75, 3.05) is 6.61 Å². The standard InChI is InChI=1S/C22H27FN2O4/c1-5-18-21-17(11-25(18)19(26)9-10-29-22(27)28)16-8-6-7-15(12(2)13(3)23)20(16)14(4)24-21/h5,13H,6-11H2,1-4H3,(H,27,28)/b15-12-,18-5-. The first kappa shape index (κ1) is 21.0. The molecule has 1 aliphatic carbocycles. The van der Waals surface area contributed by atoms with Crippen molar-refractivity contribution in [3.8, 4) is 0 Å². The van der Waals surface area contributed by atoms with Gasteiger partial charge in [-0.05, 0) is 63.7 Å². The molecule has 1 aliphatic heterocycles. The Labute approximate surface area is 170 Å². The van der Waals surface area contributed by atoms with Gasteiger partial charge in [0.25, 0.3) is 0 Å². The van der Waals surface area contributed by atoms with Crippen LogP contribution >= 0.6 is 0 Å². The SMILES string of the molecule is C/C=C1/c2nc(C)c3c(c2CN1C(=O)CCOC(=O)O)CCC/C3=C(\C)C(C)F. The van der Waals surface area contributed by atoms with Gasteiger partial charge in [0.15, 0.2) is 0 Å². The number of alkyl halides is 1. The summed E-state index contributed by atoms with van der Waals surface area (Å²) in [7, 11) is 0. The summed E-state index contributed by atoms with van der Waals surface area (Å²) in [4.78, 5) is 29.7. The Morgan fingerprint density at radius 2 is 2.07 bits per heavy atom. The zero-order valence-corrected chi connectivity index (χ0v) is 17.3. The minimum absolute atomic E-state index is 0.0254. The zero-order chi connectivity index (χ0) is 21.3. The summed E-state index contributed by atoms with van der Waals surface area (Å²) < 4.78 is 18.5. The van der Waals surface area contributed by atoms with E-state index in [9.17, 15) is 14.0 Å². The van der Waals surface area contributed by atoms with E-state index in [1.165, 1.54) is 0 Å². The molecule has 1 N–H and O–H groups in total. The quantitative estimate of drug-likeness (QED) is 0.742. The number of ether oxygens (including phenoxy) is 1. The Morgan fingerprint density at radius 1 is 1.34 bits per heavy atom. The number of hydrogen-bond acceptors (Lipinski definition) is 4. The molecule has 0 spiro atoms. The third-order valence-corrected chi connectivity index (χ3v) is 5.79. The molecule has 6 nitrogen and oxygen atoms in total. The summed E-state index contributed by atoms with van der Waals surface area (Å²) in [6.45, 7) is 7.42. The fourth-order valence-electron chi connectivity index (χ4n) is 4.31. The molecular formula is C22H27FN2O4. The molecule has 1 atom stereocenters. The van der Waals surface area contributed by atoms with E-state index in [2.05, 4.69) is 4.74 Å². The van der Waals surface area contributed by atoms with E-state index in [4.69, 9.17) is 10.1 Å². The topological polar surface area (TPSA) is 79.7 Å². The second-order valence-corrected chi connectivity index (χ2v) is 7.53. The molecule has 0 radical (unpaired) electrons. The molecule has 0 saturated heterocycles. The van der Waals surface area contributed by atoms with Crippen molar-refractivity contribution in [2.24, 2.45) is 0 Å². The van der Waals surface area contributed by atoms with Gasteiger partial charge >= 0.3 is 6.16 Å². The molecule has 1 aromatic rings. The van der Waals surface area contributed by atoms with Gasteiger partial charge < -0.3 is 14.7 Å². The highest BCUT2D eigenvalue weighted by Gasteiger charge is 2.34. The number of aromatic nitrogens is 1. The molecule has 0 aromatic carbocycles. The summed E-state index contributed by atoms with van der Waals surface area (Å²) in [5, 5.41) is 8.60. The molecule has 3 rings (SSSR count). The molecule has 0 fully saturated rings. The summed E-state index contributed by atoms with van der Waals surface area (Å²) >= 11 is 0. The van der Waals surface area contributed by atoms with Crippen LogP contribution < -0.4 is 0 Å². The van der Waals surface area contributed by atoms with Crippen LogP contribution in [0.25, 0.3) is 11.3 Å². The first-order chi connectivity index (χ1) is 13.8. The number of nitrogens with zero attached hydrogens (tertiary/aromatic N) is 2. The lowest BCUT2D eigenvalue weighted by Gasteiger charge is -2.25. The van der Waals surface area contributed by atoms with Gasteiger partial charge in [-0.3, -0.25) is 9.78 Å². The normalized spacial score (nSPS) is 19.6. The number of halogens is 1. The van der Waals surface area contributed by atoms with E-state index in [0.717, 1.165) is 64.2 Å². The maximum Gasteiger partial charge on any atom is 0.505 e. The van der Waals surface area contributed by atoms with E-state index in [-0.39, 0.29) is 18.9 Å². The average Bonchev–Trinajstić information content (AvgIpc) is 3.05. The number of fused-ring (bicyclic) bond motifs is 3. The molecule has 29 heavy (non-hydrogen) atoms. The van der Waals surface area contributed by atoms with Crippen LogP contribution in [0, 0.1) is 6.92 Å². The second-order valence-electron chi connectivity index (χ2n) is 7.53. The van der Waals surface area contributed by atoms with Gasteiger partial charge in [0.2, 0.25) is 5.91 Å². The van der Waals surface area contributed by atoms with Crippen LogP contribution in [0.5, 0.6) is 0 Å². The lowest BCUT2D eigenvalue weighted by Crippen LogP contribution is -2.26. The van der Waals surface area contributed by atoms with Crippen molar-refractivity contribution >= 4 is 23.3 Å². The number of aryl methyl sites for hydroxylation is 1. The maximum atomic E-state index is 14.0. The van der Waals surface area contributed by atoms with Crippen LogP contribution in [0.15, 0.2) is 11.6 Å². The van der Waals surface area contributed by atoms with E-state index in [1.54, 1.807) is 11.8 Å².